The molecule has 0 aromatic rings. The van der Waals surface area contributed by atoms with Crippen molar-refractivity contribution in [1.82, 2.24) is 9.80 Å². The second kappa shape index (κ2) is 5.38. The molecule has 102 valence electrons. The smallest absolute Gasteiger partial charge is 0.327 e. The van der Waals surface area contributed by atoms with E-state index >= 15 is 0 Å². The number of likely N-dealkylation sites (tertiary alicyclic amines) is 1. The monoisotopic (exact) mass is 272 g/mol. The molecule has 2 unspecified atom stereocenters. The molecule has 18 heavy (non-hydrogen) atoms. The maximum absolute atomic E-state index is 12.4. The average molecular weight is 272 g/mol. The molecule has 0 bridgehead atoms. The topological polar surface area (TPSA) is 60.9 Å². The van der Waals surface area contributed by atoms with Crippen molar-refractivity contribution < 1.29 is 14.7 Å². The summed E-state index contributed by atoms with van der Waals surface area (Å²) >= 11 is 1.51. The number of rotatable bonds is 1. The predicted molar refractivity (Wildman–Crippen MR) is 70.5 cm³/mol. The van der Waals surface area contributed by atoms with Crippen LogP contribution in [0.15, 0.2) is 0 Å². The van der Waals surface area contributed by atoms with Crippen LogP contribution in [0.2, 0.25) is 0 Å². The number of aliphatic carboxylic acids is 1. The number of piperidine rings is 1. The first-order chi connectivity index (χ1) is 8.49. The van der Waals surface area contributed by atoms with Crippen molar-refractivity contribution in [3.63, 3.8) is 0 Å². The second-order valence-electron chi connectivity index (χ2n) is 5.46. The van der Waals surface area contributed by atoms with E-state index in [1.165, 1.54) is 16.7 Å². The van der Waals surface area contributed by atoms with Crippen LogP contribution in [-0.2, 0) is 4.79 Å². The average Bonchev–Trinajstić information content (AvgIpc) is 2.75. The zero-order chi connectivity index (χ0) is 13.3. The highest BCUT2D eigenvalue weighted by atomic mass is 32.2. The zero-order valence-electron chi connectivity index (χ0n) is 10.8. The fraction of sp³-hybridized carbons (Fsp3) is 0.833. The number of thioether (sulfide) groups is 1. The van der Waals surface area contributed by atoms with Gasteiger partial charge in [-0.15, -0.1) is 11.8 Å². The number of carboxylic acids is 1. The Balaban J connectivity index is 2.04. The van der Waals surface area contributed by atoms with Gasteiger partial charge in [-0.2, -0.15) is 0 Å². The fourth-order valence-electron chi connectivity index (χ4n) is 2.84. The Hall–Kier alpha value is -0.910. The Morgan fingerprint density at radius 2 is 1.83 bits per heavy atom. The van der Waals surface area contributed by atoms with Crippen molar-refractivity contribution >= 4 is 23.8 Å². The highest BCUT2D eigenvalue weighted by molar-refractivity contribution is 7.99. The van der Waals surface area contributed by atoms with Crippen LogP contribution in [0.1, 0.15) is 20.3 Å². The predicted octanol–water partition coefficient (Wildman–Crippen LogP) is 1.54. The lowest BCUT2D eigenvalue weighted by atomic mass is 9.92. The maximum atomic E-state index is 12.4. The van der Waals surface area contributed by atoms with Crippen LogP contribution in [0.3, 0.4) is 0 Å². The molecule has 0 aromatic heterocycles. The van der Waals surface area contributed by atoms with E-state index < -0.39 is 12.0 Å². The van der Waals surface area contributed by atoms with E-state index in [9.17, 15) is 9.59 Å². The normalized spacial score (nSPS) is 32.7. The molecule has 2 aliphatic heterocycles. The summed E-state index contributed by atoms with van der Waals surface area (Å²) in [6.45, 7) is 5.78. The molecule has 0 radical (unpaired) electrons. The minimum atomic E-state index is -0.897. The first-order valence-electron chi connectivity index (χ1n) is 6.35. The van der Waals surface area contributed by atoms with E-state index in [1.54, 1.807) is 0 Å². The lowest BCUT2D eigenvalue weighted by Crippen LogP contribution is -2.52. The summed E-state index contributed by atoms with van der Waals surface area (Å²) < 4.78 is 0. The van der Waals surface area contributed by atoms with Crippen molar-refractivity contribution in [2.75, 3.05) is 24.7 Å². The third-order valence-electron chi connectivity index (χ3n) is 3.55. The van der Waals surface area contributed by atoms with Gasteiger partial charge in [0.1, 0.15) is 6.04 Å². The molecule has 2 fully saturated rings. The van der Waals surface area contributed by atoms with Gasteiger partial charge in [0.25, 0.3) is 0 Å². The van der Waals surface area contributed by atoms with Crippen LogP contribution in [0.5, 0.6) is 0 Å². The van der Waals surface area contributed by atoms with Gasteiger partial charge in [0.15, 0.2) is 0 Å². The van der Waals surface area contributed by atoms with E-state index in [0.29, 0.717) is 23.5 Å². The number of urea groups is 1. The van der Waals surface area contributed by atoms with Crippen molar-refractivity contribution in [3.8, 4) is 0 Å². The lowest BCUT2D eigenvalue weighted by Gasteiger charge is -2.37. The van der Waals surface area contributed by atoms with Gasteiger partial charge in [-0.25, -0.2) is 9.59 Å². The van der Waals surface area contributed by atoms with Crippen LogP contribution < -0.4 is 0 Å². The van der Waals surface area contributed by atoms with E-state index in [4.69, 9.17) is 5.11 Å². The molecular formula is C12H20N2O3S. The van der Waals surface area contributed by atoms with Crippen molar-refractivity contribution in [2.45, 2.75) is 26.3 Å². The Bertz CT molecular complexity index is 340. The van der Waals surface area contributed by atoms with Crippen molar-refractivity contribution in [1.29, 1.82) is 0 Å². The Morgan fingerprint density at radius 1 is 1.22 bits per heavy atom. The molecule has 6 heteroatoms. The fourth-order valence-corrected chi connectivity index (χ4v) is 3.97. The van der Waals surface area contributed by atoms with E-state index in [2.05, 4.69) is 13.8 Å². The van der Waals surface area contributed by atoms with Gasteiger partial charge >= 0.3 is 12.0 Å². The van der Waals surface area contributed by atoms with Crippen LogP contribution in [-0.4, -0.2) is 57.7 Å². The molecule has 2 aliphatic rings. The first kappa shape index (κ1) is 13.5. The maximum Gasteiger partial charge on any atom is 0.327 e. The molecule has 0 saturated carbocycles. The highest BCUT2D eigenvalue weighted by Gasteiger charge is 2.38. The van der Waals surface area contributed by atoms with E-state index in [0.717, 1.165) is 19.5 Å². The summed E-state index contributed by atoms with van der Waals surface area (Å²) in [5.41, 5.74) is 0. The van der Waals surface area contributed by atoms with Gasteiger partial charge in [0, 0.05) is 18.8 Å². The summed E-state index contributed by atoms with van der Waals surface area (Å²) in [6, 6.07) is -0.763. The molecule has 1 N–H and O–H groups in total. The van der Waals surface area contributed by atoms with Crippen LogP contribution in [0.4, 0.5) is 4.79 Å². The van der Waals surface area contributed by atoms with Crippen LogP contribution in [0, 0.1) is 11.8 Å². The van der Waals surface area contributed by atoms with Crippen LogP contribution in [0.25, 0.3) is 0 Å². The van der Waals surface area contributed by atoms with Gasteiger partial charge in [-0.05, 0) is 18.3 Å². The lowest BCUT2D eigenvalue weighted by molar-refractivity contribution is -0.141. The minimum absolute atomic E-state index is 0.106. The molecule has 0 aliphatic carbocycles. The third-order valence-corrected chi connectivity index (χ3v) is 4.56. The molecule has 3 atom stereocenters. The summed E-state index contributed by atoms with van der Waals surface area (Å²) in [4.78, 5) is 26.8. The van der Waals surface area contributed by atoms with Gasteiger partial charge in [-0.1, -0.05) is 13.8 Å². The Kier molecular flexibility index (Phi) is 4.04. The molecule has 2 heterocycles. The number of carboxylic acid groups (broad SMARTS) is 1. The Morgan fingerprint density at radius 3 is 2.39 bits per heavy atom. The van der Waals surface area contributed by atoms with Crippen molar-refractivity contribution in [3.05, 3.63) is 0 Å². The van der Waals surface area contributed by atoms with Gasteiger partial charge in [0.2, 0.25) is 0 Å². The number of hydrogen-bond donors (Lipinski definition) is 1. The Labute approximate surface area is 112 Å². The summed E-state index contributed by atoms with van der Waals surface area (Å²) in [7, 11) is 0. The largest absolute Gasteiger partial charge is 0.480 e. The number of carbonyl (C=O) groups is 2. The zero-order valence-corrected chi connectivity index (χ0v) is 11.7. The highest BCUT2D eigenvalue weighted by Crippen LogP contribution is 2.26. The summed E-state index contributed by atoms with van der Waals surface area (Å²) in [5.74, 6) is 1.09. The molecule has 2 saturated heterocycles. The summed E-state index contributed by atoms with van der Waals surface area (Å²) in [5, 5.41) is 9.11. The van der Waals surface area contributed by atoms with E-state index in [1.807, 2.05) is 4.90 Å². The quantitative estimate of drug-likeness (QED) is 0.786. The minimum Gasteiger partial charge on any atom is -0.480 e. The number of hydrogen-bond acceptors (Lipinski definition) is 3. The van der Waals surface area contributed by atoms with Crippen molar-refractivity contribution in [2.24, 2.45) is 11.8 Å². The second-order valence-corrected chi connectivity index (χ2v) is 6.46. The van der Waals surface area contributed by atoms with Crippen LogP contribution >= 0.6 is 11.8 Å². The number of carbonyl (C=O) groups excluding carboxylic acids is 1. The molecule has 5 nitrogen and oxygen atoms in total. The molecular weight excluding hydrogens is 252 g/mol. The molecule has 2 rings (SSSR count). The SMILES string of the molecule is CC1CC(C)CN(C(=O)N2CSC[C@H]2C(=O)O)C1. The third kappa shape index (κ3) is 2.74. The molecule has 0 aromatic carbocycles. The number of amides is 2. The number of nitrogens with zero attached hydrogens (tertiary/aromatic N) is 2. The van der Waals surface area contributed by atoms with E-state index in [-0.39, 0.29) is 6.03 Å². The van der Waals surface area contributed by atoms with Gasteiger partial charge in [0.05, 0.1) is 5.88 Å². The first-order valence-corrected chi connectivity index (χ1v) is 7.50. The molecule has 0 spiro atoms. The molecule has 2 amide bonds. The summed E-state index contributed by atoms with van der Waals surface area (Å²) in [6.07, 6.45) is 1.14. The van der Waals surface area contributed by atoms with Gasteiger partial charge in [-0.3, -0.25) is 0 Å². The standard InChI is InChI=1S/C12H20N2O3S/c1-8-3-9(2)5-13(4-8)12(17)14-7-18-6-10(14)11(15)16/h8-10H,3-7H2,1-2H3,(H,15,16)/t8?,9?,10-/m0/s1. The van der Waals surface area contributed by atoms with Gasteiger partial charge < -0.3 is 14.9 Å².